The van der Waals surface area contributed by atoms with E-state index in [-0.39, 0.29) is 0 Å². The van der Waals surface area contributed by atoms with Gasteiger partial charge in [-0.2, -0.15) is 0 Å². The van der Waals surface area contributed by atoms with E-state index in [2.05, 4.69) is 30.6 Å². The molecule has 57 heavy (non-hydrogen) atoms. The van der Waals surface area contributed by atoms with Gasteiger partial charge in [0.2, 0.25) is 11.9 Å². The Bertz CT molecular complexity index is 2300. The second-order valence-electron chi connectivity index (χ2n) is 12.5. The summed E-state index contributed by atoms with van der Waals surface area (Å²) < 4.78 is 11.1. The van der Waals surface area contributed by atoms with Crippen LogP contribution in [-0.4, -0.2) is 70.1 Å². The fourth-order valence-corrected chi connectivity index (χ4v) is 5.91. The molecule has 0 bridgehead atoms. The first-order chi connectivity index (χ1) is 27.3. The van der Waals surface area contributed by atoms with Gasteiger partial charge in [0.25, 0.3) is 0 Å². The van der Waals surface area contributed by atoms with Gasteiger partial charge >= 0.3 is 12.2 Å². The number of carbonyl (C=O) groups excluding carboxylic acids is 2. The van der Waals surface area contributed by atoms with Gasteiger partial charge in [-0.25, -0.2) is 29.5 Å². The van der Waals surface area contributed by atoms with Crippen molar-refractivity contribution >= 4 is 70.3 Å². The van der Waals surface area contributed by atoms with Crippen LogP contribution in [0.2, 0.25) is 15.1 Å². The van der Waals surface area contributed by atoms with Crippen molar-refractivity contribution in [2.75, 3.05) is 50.3 Å². The first-order valence-corrected chi connectivity index (χ1v) is 18.3. The Balaban J connectivity index is 0.000000218. The molecule has 0 spiro atoms. The summed E-state index contributed by atoms with van der Waals surface area (Å²) in [5, 5.41) is 7.72. The molecule has 2 atom stereocenters. The zero-order valence-electron chi connectivity index (χ0n) is 31.2. The maximum atomic E-state index is 12.2. The van der Waals surface area contributed by atoms with Crippen molar-refractivity contribution < 1.29 is 19.1 Å². The molecule has 294 valence electrons. The third kappa shape index (κ3) is 10.9. The Morgan fingerprint density at radius 1 is 0.561 bits per heavy atom. The molecule has 2 unspecified atom stereocenters. The van der Waals surface area contributed by atoms with Crippen molar-refractivity contribution in [3.05, 3.63) is 153 Å². The summed E-state index contributed by atoms with van der Waals surface area (Å²) in [6, 6.07) is 25.2. The molecule has 0 aliphatic rings. The number of nitrogen functional groups attached to an aromatic ring is 2. The van der Waals surface area contributed by atoms with Gasteiger partial charge in [0.1, 0.15) is 11.5 Å². The van der Waals surface area contributed by atoms with Crippen molar-refractivity contribution in [3.63, 3.8) is 0 Å². The quantitative estimate of drug-likeness (QED) is 0.0965. The number of nitrogens with one attached hydrogen (secondary N) is 2. The predicted octanol–water partition coefficient (Wildman–Crippen LogP) is 8.60. The molecule has 0 radical (unpaired) electrons. The molecule has 17 heteroatoms. The standard InChI is InChI=1S/C20H19Cl2N5O2.C20H20ClN5O2/c1-27(2)20(28)29-16-8-7-12(21)11-14(16)18(26-19-24-9-4-10-25-19)13-5-3-6-15(23)17(13)22;1-26(2)20(27)28-16-10-4-3-7-13(16)18(25-19-23-11-6-12-24-19)14-8-5-9-15(22)17(14)21/h3-11,18H,23H2,1-2H3,(H,24,25,26);3-12,18H,22H2,1-2H3,(H,23,24,25). The summed E-state index contributed by atoms with van der Waals surface area (Å²) >= 11 is 19.2. The summed E-state index contributed by atoms with van der Waals surface area (Å²) in [7, 11) is 6.43. The Morgan fingerprint density at radius 3 is 1.46 bits per heavy atom. The topological polar surface area (TPSA) is 187 Å². The summed E-state index contributed by atoms with van der Waals surface area (Å²) in [6.07, 6.45) is 5.47. The first kappa shape index (κ1) is 41.8. The summed E-state index contributed by atoms with van der Waals surface area (Å²) in [6.45, 7) is 0. The third-order valence-electron chi connectivity index (χ3n) is 8.06. The lowest BCUT2D eigenvalue weighted by Crippen LogP contribution is -2.26. The lowest BCUT2D eigenvalue weighted by Gasteiger charge is -2.24. The number of rotatable bonds is 10. The van der Waals surface area contributed by atoms with Gasteiger partial charge in [-0.15, -0.1) is 0 Å². The smallest absolute Gasteiger partial charge is 0.410 e. The van der Waals surface area contributed by atoms with Gasteiger partial charge in [-0.1, -0.05) is 77.3 Å². The molecule has 6 rings (SSSR count). The number of carbonyl (C=O) groups is 2. The highest BCUT2D eigenvalue weighted by Crippen LogP contribution is 2.40. The lowest BCUT2D eigenvalue weighted by molar-refractivity contribution is 0.170. The van der Waals surface area contributed by atoms with Crippen molar-refractivity contribution in [2.24, 2.45) is 0 Å². The number of amides is 2. The molecule has 2 heterocycles. The molecule has 0 fully saturated rings. The summed E-state index contributed by atoms with van der Waals surface area (Å²) in [5.41, 5.74) is 15.5. The minimum Gasteiger partial charge on any atom is -0.410 e. The molecule has 4 aromatic carbocycles. The molecule has 0 saturated carbocycles. The maximum absolute atomic E-state index is 12.2. The van der Waals surface area contributed by atoms with E-state index >= 15 is 0 Å². The van der Waals surface area contributed by atoms with Gasteiger partial charge in [0.05, 0.1) is 33.5 Å². The molecule has 6 N–H and O–H groups in total. The first-order valence-electron chi connectivity index (χ1n) is 17.2. The molecule has 0 saturated heterocycles. The fraction of sp³-hybridized carbons (Fsp3) is 0.150. The number of hydrogen-bond donors (Lipinski definition) is 4. The van der Waals surface area contributed by atoms with Gasteiger partial charge in [0, 0.05) is 69.1 Å². The van der Waals surface area contributed by atoms with Crippen LogP contribution >= 0.6 is 34.8 Å². The number of para-hydroxylation sites is 1. The summed E-state index contributed by atoms with van der Waals surface area (Å²) in [4.78, 5) is 43.9. The number of halogens is 3. The SMILES string of the molecule is CN(C)C(=O)Oc1ccc(Cl)cc1C(Nc1ncccn1)c1cccc(N)c1Cl.CN(C)C(=O)Oc1ccccc1C(Nc1ncccn1)c1cccc(N)c1Cl. The van der Waals surface area contributed by atoms with E-state index in [1.54, 1.807) is 114 Å². The Hall–Kier alpha value is -6.35. The Morgan fingerprint density at radius 2 is 0.982 bits per heavy atom. The zero-order chi connectivity index (χ0) is 41.1. The van der Waals surface area contributed by atoms with E-state index in [0.29, 0.717) is 72.1 Å². The molecule has 2 aromatic heterocycles. The van der Waals surface area contributed by atoms with Crippen LogP contribution in [0.3, 0.4) is 0 Å². The molecular formula is C40H39Cl3N10O4. The van der Waals surface area contributed by atoms with E-state index in [9.17, 15) is 9.59 Å². The molecule has 0 aliphatic heterocycles. The number of nitrogens with zero attached hydrogens (tertiary/aromatic N) is 6. The van der Waals surface area contributed by atoms with Gasteiger partial charge in [-0.3, -0.25) is 0 Å². The average Bonchev–Trinajstić information content (AvgIpc) is 3.20. The molecule has 2 amide bonds. The van der Waals surface area contributed by atoms with Crippen molar-refractivity contribution in [1.82, 2.24) is 29.7 Å². The van der Waals surface area contributed by atoms with Gasteiger partial charge < -0.3 is 41.4 Å². The predicted molar refractivity (Wildman–Crippen MR) is 224 cm³/mol. The minimum atomic E-state index is -0.586. The second kappa shape index (κ2) is 19.5. The highest BCUT2D eigenvalue weighted by molar-refractivity contribution is 6.34. The largest absolute Gasteiger partial charge is 0.414 e. The monoisotopic (exact) mass is 828 g/mol. The second-order valence-corrected chi connectivity index (χ2v) is 13.7. The fourth-order valence-electron chi connectivity index (χ4n) is 5.25. The van der Waals surface area contributed by atoms with E-state index in [0.717, 1.165) is 0 Å². The Labute approximate surface area is 344 Å². The van der Waals surface area contributed by atoms with E-state index in [1.807, 2.05) is 30.3 Å². The lowest BCUT2D eigenvalue weighted by atomic mass is 9.97. The zero-order valence-corrected chi connectivity index (χ0v) is 33.5. The van der Waals surface area contributed by atoms with Crippen LogP contribution < -0.4 is 31.6 Å². The number of anilines is 4. The minimum absolute atomic E-state index is 0.319. The highest BCUT2D eigenvalue weighted by atomic mass is 35.5. The van der Waals surface area contributed by atoms with E-state index in [1.165, 1.54) is 9.80 Å². The third-order valence-corrected chi connectivity index (χ3v) is 9.16. The molecule has 14 nitrogen and oxygen atoms in total. The highest BCUT2D eigenvalue weighted by Gasteiger charge is 2.26. The van der Waals surface area contributed by atoms with Crippen LogP contribution in [0.4, 0.5) is 32.9 Å². The van der Waals surface area contributed by atoms with Crippen LogP contribution in [0.15, 0.2) is 116 Å². The maximum Gasteiger partial charge on any atom is 0.414 e. The number of benzene rings is 4. The van der Waals surface area contributed by atoms with Crippen molar-refractivity contribution in [1.29, 1.82) is 0 Å². The van der Waals surface area contributed by atoms with E-state index < -0.39 is 24.3 Å². The average molecular weight is 830 g/mol. The molecular weight excluding hydrogens is 791 g/mol. The van der Waals surface area contributed by atoms with Crippen LogP contribution in [0.5, 0.6) is 11.5 Å². The number of nitrogens with two attached hydrogens (primary N) is 2. The van der Waals surface area contributed by atoms with Crippen LogP contribution in [0.1, 0.15) is 34.3 Å². The summed E-state index contributed by atoms with van der Waals surface area (Å²) in [5.74, 6) is 1.48. The number of aromatic nitrogens is 4. The van der Waals surface area contributed by atoms with Gasteiger partial charge in [-0.05, 0) is 59.7 Å². The number of hydrogen-bond acceptors (Lipinski definition) is 12. The van der Waals surface area contributed by atoms with E-state index in [4.69, 9.17) is 55.7 Å². The molecule has 6 aromatic rings. The number of ether oxygens (including phenoxy) is 2. The van der Waals surface area contributed by atoms with Crippen molar-refractivity contribution in [2.45, 2.75) is 12.1 Å². The van der Waals surface area contributed by atoms with Crippen LogP contribution in [-0.2, 0) is 0 Å². The Kier molecular flexibility index (Phi) is 14.3. The van der Waals surface area contributed by atoms with Crippen LogP contribution in [0, 0.1) is 0 Å². The molecule has 0 aliphatic carbocycles. The van der Waals surface area contributed by atoms with Crippen LogP contribution in [0.25, 0.3) is 0 Å². The van der Waals surface area contributed by atoms with Gasteiger partial charge in [0.15, 0.2) is 0 Å². The normalized spacial score (nSPS) is 11.6. The van der Waals surface area contributed by atoms with Crippen molar-refractivity contribution in [3.8, 4) is 11.5 Å².